The molecule has 9 aromatic rings. The molecule has 6 nitrogen and oxygen atoms in total. The Bertz CT molecular complexity index is 2700. The zero-order valence-corrected chi connectivity index (χ0v) is 25.0. The molecule has 0 saturated carbocycles. The Morgan fingerprint density at radius 3 is 2.33 bits per heavy atom. The molecule has 0 saturated heterocycles. The van der Waals surface area contributed by atoms with Gasteiger partial charge in [-0.1, -0.05) is 11.8 Å². The number of nitriles is 3. The van der Waals surface area contributed by atoms with Crippen LogP contribution >= 0.6 is 57.1 Å². The molecule has 0 aliphatic rings. The summed E-state index contributed by atoms with van der Waals surface area (Å²) in [5, 5.41) is 32.3. The minimum absolute atomic E-state index is 0.588. The minimum atomic E-state index is 0.588. The molecule has 0 spiro atoms. The number of nitrogens with zero attached hydrogens (tertiary/aromatic N) is 4. The first-order valence-corrected chi connectivity index (χ1v) is 16.6. The highest BCUT2D eigenvalue weighted by molar-refractivity contribution is 8.00. The van der Waals surface area contributed by atoms with Crippen LogP contribution in [0.1, 0.15) is 15.3 Å². The Balaban J connectivity index is 1.25. The molecule has 0 radical (unpaired) electrons. The van der Waals surface area contributed by atoms with Crippen LogP contribution in [0.4, 0.5) is 0 Å². The van der Waals surface area contributed by atoms with Gasteiger partial charge in [0.15, 0.2) is 5.58 Å². The number of thiophene rings is 4. The summed E-state index contributed by atoms with van der Waals surface area (Å²) in [4.78, 5) is 3.47. The van der Waals surface area contributed by atoms with Crippen molar-refractivity contribution in [2.24, 2.45) is 0 Å². The fourth-order valence-electron chi connectivity index (χ4n) is 5.40. The van der Waals surface area contributed by atoms with E-state index in [-0.39, 0.29) is 0 Å². The van der Waals surface area contributed by atoms with E-state index in [2.05, 4.69) is 40.3 Å². The lowest BCUT2D eigenvalue weighted by atomic mass is 10.2. The van der Waals surface area contributed by atoms with Gasteiger partial charge in [-0.3, -0.25) is 0 Å². The van der Waals surface area contributed by atoms with Crippen molar-refractivity contribution in [3.05, 3.63) is 75.5 Å². The van der Waals surface area contributed by atoms with Gasteiger partial charge in [-0.2, -0.15) is 15.8 Å². The number of hydrogen-bond donors (Lipinski definition) is 0. The molecule has 7 heterocycles. The van der Waals surface area contributed by atoms with Crippen LogP contribution in [-0.2, 0) is 0 Å². The predicted molar refractivity (Wildman–Crippen MR) is 172 cm³/mol. The minimum Gasteiger partial charge on any atom is -0.463 e. The van der Waals surface area contributed by atoms with Crippen molar-refractivity contribution >= 4 is 119 Å². The van der Waals surface area contributed by atoms with E-state index in [1.54, 1.807) is 52.8 Å². The summed E-state index contributed by atoms with van der Waals surface area (Å²) < 4.78 is 20.2. The molecular weight excluding hydrogens is 621 g/mol. The Hall–Kier alpha value is -4.54. The maximum atomic E-state index is 9.62. The van der Waals surface area contributed by atoms with Crippen LogP contribution in [0.5, 0.6) is 0 Å². The third-order valence-corrected chi connectivity index (χ3v) is 13.1. The highest BCUT2D eigenvalue weighted by atomic mass is 32.2. The molecule has 11 heteroatoms. The fourth-order valence-corrected chi connectivity index (χ4v) is 11.1. The van der Waals surface area contributed by atoms with Gasteiger partial charge in [0.1, 0.15) is 44.8 Å². The third-order valence-electron chi connectivity index (χ3n) is 7.23. The molecule has 0 aliphatic carbocycles. The summed E-state index contributed by atoms with van der Waals surface area (Å²) in [5.41, 5.74) is 5.75. The molecule has 0 N–H and O–H groups in total. The number of furan rings is 2. The van der Waals surface area contributed by atoms with Crippen LogP contribution < -0.4 is 0 Å². The summed E-state index contributed by atoms with van der Waals surface area (Å²) in [6, 6.07) is 22.2. The maximum Gasteiger partial charge on any atom is 0.170 e. The van der Waals surface area contributed by atoms with E-state index in [0.29, 0.717) is 15.3 Å². The lowest BCUT2D eigenvalue weighted by Gasteiger charge is -2.05. The van der Waals surface area contributed by atoms with Gasteiger partial charge in [-0.25, -0.2) is 0 Å². The molecule has 0 aliphatic heterocycles. The van der Waals surface area contributed by atoms with Crippen LogP contribution in [0.25, 0.3) is 67.7 Å². The number of hydrogen-bond acceptors (Lipinski definition) is 10. The molecule has 196 valence electrons. The second kappa shape index (κ2) is 8.73. The zero-order chi connectivity index (χ0) is 28.1. The average Bonchev–Trinajstić information content (AvgIpc) is 3.85. The maximum absolute atomic E-state index is 9.62. The van der Waals surface area contributed by atoms with Crippen molar-refractivity contribution in [1.29, 1.82) is 15.8 Å². The monoisotopic (exact) mass is 630 g/mol. The molecule has 0 bridgehead atoms. The van der Waals surface area contributed by atoms with E-state index < -0.39 is 0 Å². The highest BCUT2D eigenvalue weighted by Gasteiger charge is 2.25. The fraction of sp³-hybridized carbons (Fsp3) is 0. The van der Waals surface area contributed by atoms with Crippen molar-refractivity contribution in [1.82, 2.24) is 4.57 Å². The molecule has 0 atom stereocenters. The lowest BCUT2D eigenvalue weighted by Crippen LogP contribution is -1.92. The normalized spacial score (nSPS) is 11.8. The predicted octanol–water partition coefficient (Wildman–Crippen LogP) is 10.6. The van der Waals surface area contributed by atoms with E-state index in [4.69, 9.17) is 8.83 Å². The van der Waals surface area contributed by atoms with Crippen LogP contribution in [0, 0.1) is 34.0 Å². The van der Waals surface area contributed by atoms with Crippen molar-refractivity contribution in [3.63, 3.8) is 0 Å². The van der Waals surface area contributed by atoms with Crippen LogP contribution in [0.15, 0.2) is 78.8 Å². The Morgan fingerprint density at radius 2 is 1.52 bits per heavy atom. The van der Waals surface area contributed by atoms with Gasteiger partial charge in [0.2, 0.25) is 0 Å². The summed E-state index contributed by atoms with van der Waals surface area (Å²) >= 11 is 7.95. The quantitative estimate of drug-likeness (QED) is 0.192. The van der Waals surface area contributed by atoms with Gasteiger partial charge in [0.25, 0.3) is 0 Å². The number of rotatable bonds is 3. The summed E-state index contributed by atoms with van der Waals surface area (Å²) in [6.45, 7) is 0. The van der Waals surface area contributed by atoms with E-state index >= 15 is 0 Å². The molecule has 0 amide bonds. The Labute approximate surface area is 256 Å². The largest absolute Gasteiger partial charge is 0.463 e. The molecule has 7 aromatic heterocycles. The SMILES string of the molecule is N#Cc1ccc(-n2c3cc(C#N)sc3c3sc4c5cc6occ(Sc7csc8cc(C#N)sc78)c6cc5oc4c32)cc1. The first kappa shape index (κ1) is 24.1. The average molecular weight is 631 g/mol. The number of fused-ring (bicyclic) bond motifs is 9. The van der Waals surface area contributed by atoms with Gasteiger partial charge in [0, 0.05) is 31.4 Å². The summed E-state index contributed by atoms with van der Waals surface area (Å²) in [6.07, 6.45) is 1.79. The van der Waals surface area contributed by atoms with Gasteiger partial charge >= 0.3 is 0 Å². The molecule has 2 aromatic carbocycles. The van der Waals surface area contributed by atoms with Crippen molar-refractivity contribution in [2.75, 3.05) is 0 Å². The second-order valence-corrected chi connectivity index (χ2v) is 14.7. The molecule has 0 fully saturated rings. The zero-order valence-electron chi connectivity index (χ0n) is 20.9. The van der Waals surface area contributed by atoms with Crippen molar-refractivity contribution in [3.8, 4) is 23.9 Å². The standard InChI is InChI=1S/C31H10N4O2S5/c32-9-14-1-3-15(4-2-14)35-20-5-16(10-33)39-29(20)31-26(35)27-28(42-31)19-8-21-18(7-22(19)37-27)24(12-36-21)41-25-13-38-23-6-17(11-34)40-30(23)25/h1-8,12-13H. The van der Waals surface area contributed by atoms with Gasteiger partial charge in [-0.15, -0.1) is 45.3 Å². The molecule has 9 rings (SSSR count). The summed E-state index contributed by atoms with van der Waals surface area (Å²) in [5.74, 6) is 0. The molecule has 0 unspecified atom stereocenters. The second-order valence-electron chi connectivity index (χ2n) is 9.53. The Morgan fingerprint density at radius 1 is 0.738 bits per heavy atom. The van der Waals surface area contributed by atoms with Crippen molar-refractivity contribution in [2.45, 2.75) is 9.79 Å². The van der Waals surface area contributed by atoms with Crippen molar-refractivity contribution < 1.29 is 8.83 Å². The van der Waals surface area contributed by atoms with E-state index in [0.717, 1.165) is 77.5 Å². The van der Waals surface area contributed by atoms with Gasteiger partial charge < -0.3 is 13.4 Å². The topological polar surface area (TPSA) is 103 Å². The van der Waals surface area contributed by atoms with Gasteiger partial charge in [0.05, 0.1) is 40.8 Å². The van der Waals surface area contributed by atoms with Crippen LogP contribution in [0.3, 0.4) is 0 Å². The smallest absolute Gasteiger partial charge is 0.170 e. The first-order chi connectivity index (χ1) is 20.6. The van der Waals surface area contributed by atoms with Crippen LogP contribution in [-0.4, -0.2) is 4.57 Å². The Kier molecular flexibility index (Phi) is 5.01. The lowest BCUT2D eigenvalue weighted by molar-refractivity contribution is 0.608. The van der Waals surface area contributed by atoms with Crippen LogP contribution in [0.2, 0.25) is 0 Å². The van der Waals surface area contributed by atoms with Gasteiger partial charge in [-0.05, 0) is 48.5 Å². The van der Waals surface area contributed by atoms with E-state index in [1.807, 2.05) is 24.3 Å². The summed E-state index contributed by atoms with van der Waals surface area (Å²) in [7, 11) is 0. The number of benzene rings is 2. The first-order valence-electron chi connectivity index (χ1n) is 12.5. The van der Waals surface area contributed by atoms with E-state index in [9.17, 15) is 15.8 Å². The number of aromatic nitrogens is 1. The molecular formula is C31H10N4O2S5. The van der Waals surface area contributed by atoms with E-state index in [1.165, 1.54) is 22.7 Å². The highest BCUT2D eigenvalue weighted by Crippen LogP contribution is 2.50. The molecule has 42 heavy (non-hydrogen) atoms. The third kappa shape index (κ3) is 3.27.